The maximum Gasteiger partial charge on any atom is 0.337 e. The Hall–Kier alpha value is -3.20. The van der Waals surface area contributed by atoms with Crippen molar-refractivity contribution in [3.8, 4) is 5.69 Å². The maximum atomic E-state index is 12.1. The molecule has 0 aliphatic rings. The predicted octanol–water partition coefficient (Wildman–Crippen LogP) is 2.49. The van der Waals surface area contributed by atoms with Crippen LogP contribution in [0, 0.1) is 6.92 Å². The molecule has 0 radical (unpaired) electrons. The monoisotopic (exact) mass is 383 g/mol. The molecule has 0 aliphatic carbocycles. The van der Waals surface area contributed by atoms with Crippen LogP contribution in [-0.2, 0) is 9.53 Å². The quantitative estimate of drug-likeness (QED) is 0.516. The van der Waals surface area contributed by atoms with Gasteiger partial charge in [0.2, 0.25) is 11.1 Å². The molecule has 138 valence electrons. The van der Waals surface area contributed by atoms with Gasteiger partial charge in [-0.05, 0) is 53.7 Å². The van der Waals surface area contributed by atoms with E-state index in [1.165, 1.54) is 23.6 Å². The molecule has 3 aromatic rings. The molecule has 0 atom stereocenters. The number of aryl methyl sites for hydroxylation is 1. The van der Waals surface area contributed by atoms with Gasteiger partial charge in [-0.2, -0.15) is 4.68 Å². The summed E-state index contributed by atoms with van der Waals surface area (Å²) >= 11 is 1.22. The first-order valence-corrected chi connectivity index (χ1v) is 9.02. The van der Waals surface area contributed by atoms with Crippen LogP contribution in [0.4, 0.5) is 5.69 Å². The Bertz CT molecular complexity index is 938. The van der Waals surface area contributed by atoms with E-state index in [9.17, 15) is 9.59 Å². The number of tetrazole rings is 1. The molecule has 3 rings (SSSR count). The van der Waals surface area contributed by atoms with E-state index < -0.39 is 5.97 Å². The molecule has 1 N–H and O–H groups in total. The van der Waals surface area contributed by atoms with Crippen LogP contribution in [0.5, 0.6) is 0 Å². The van der Waals surface area contributed by atoms with Gasteiger partial charge in [-0.1, -0.05) is 29.5 Å². The Morgan fingerprint density at radius 2 is 1.81 bits per heavy atom. The van der Waals surface area contributed by atoms with E-state index >= 15 is 0 Å². The summed E-state index contributed by atoms with van der Waals surface area (Å²) in [5.41, 5.74) is 2.97. The van der Waals surface area contributed by atoms with E-state index in [1.807, 2.05) is 31.2 Å². The number of benzene rings is 2. The van der Waals surface area contributed by atoms with Crippen molar-refractivity contribution in [2.24, 2.45) is 0 Å². The highest BCUT2D eigenvalue weighted by atomic mass is 32.2. The van der Waals surface area contributed by atoms with Crippen LogP contribution in [0.2, 0.25) is 0 Å². The molecule has 2 aromatic carbocycles. The van der Waals surface area contributed by atoms with Crippen LogP contribution in [0.25, 0.3) is 5.69 Å². The fraction of sp³-hybridized carbons (Fsp3) is 0.167. The summed E-state index contributed by atoms with van der Waals surface area (Å²) in [4.78, 5) is 23.6. The third-order valence-electron chi connectivity index (χ3n) is 3.64. The molecular formula is C18H17N5O3S. The second-order valence-corrected chi connectivity index (χ2v) is 6.56. The zero-order valence-electron chi connectivity index (χ0n) is 14.7. The van der Waals surface area contributed by atoms with Crippen molar-refractivity contribution in [1.29, 1.82) is 0 Å². The fourth-order valence-electron chi connectivity index (χ4n) is 2.25. The minimum atomic E-state index is -0.416. The summed E-state index contributed by atoms with van der Waals surface area (Å²) in [6.45, 7) is 1.99. The van der Waals surface area contributed by atoms with Gasteiger partial charge in [-0.3, -0.25) is 4.79 Å². The highest BCUT2D eigenvalue weighted by Crippen LogP contribution is 2.19. The first-order chi connectivity index (χ1) is 13.1. The van der Waals surface area contributed by atoms with Crippen LogP contribution in [-0.4, -0.2) is 44.9 Å². The summed E-state index contributed by atoms with van der Waals surface area (Å²) in [6.07, 6.45) is 0. The molecule has 1 aromatic heterocycles. The fourth-order valence-corrected chi connectivity index (χ4v) is 2.94. The van der Waals surface area contributed by atoms with Crippen LogP contribution < -0.4 is 5.32 Å². The molecule has 0 unspecified atom stereocenters. The van der Waals surface area contributed by atoms with Gasteiger partial charge in [0.1, 0.15) is 0 Å². The third-order valence-corrected chi connectivity index (χ3v) is 4.56. The molecule has 0 saturated carbocycles. The predicted molar refractivity (Wildman–Crippen MR) is 101 cm³/mol. The van der Waals surface area contributed by atoms with Crippen LogP contribution >= 0.6 is 11.8 Å². The number of esters is 1. The van der Waals surface area contributed by atoms with E-state index in [-0.39, 0.29) is 11.7 Å². The van der Waals surface area contributed by atoms with Crippen molar-refractivity contribution in [3.05, 3.63) is 59.7 Å². The minimum Gasteiger partial charge on any atom is -0.465 e. The Morgan fingerprint density at radius 1 is 1.11 bits per heavy atom. The SMILES string of the molecule is COC(=O)c1ccc(-n2nnnc2SCC(=O)Nc2ccc(C)cc2)cc1. The second kappa shape index (κ2) is 8.45. The minimum absolute atomic E-state index is 0.153. The Morgan fingerprint density at radius 3 is 2.48 bits per heavy atom. The highest BCUT2D eigenvalue weighted by molar-refractivity contribution is 7.99. The zero-order chi connectivity index (χ0) is 19.2. The Labute approximate surface area is 159 Å². The van der Waals surface area contributed by atoms with Crippen LogP contribution in [0.15, 0.2) is 53.7 Å². The lowest BCUT2D eigenvalue weighted by Crippen LogP contribution is -2.14. The van der Waals surface area contributed by atoms with Crippen molar-refractivity contribution in [2.75, 3.05) is 18.2 Å². The molecule has 9 heteroatoms. The van der Waals surface area contributed by atoms with E-state index in [4.69, 9.17) is 0 Å². The number of hydrogen-bond donors (Lipinski definition) is 1. The largest absolute Gasteiger partial charge is 0.465 e. The topological polar surface area (TPSA) is 99.0 Å². The number of nitrogens with zero attached hydrogens (tertiary/aromatic N) is 4. The normalized spacial score (nSPS) is 10.4. The average Bonchev–Trinajstić information content (AvgIpc) is 3.16. The molecule has 0 fully saturated rings. The van der Waals surface area contributed by atoms with E-state index in [0.29, 0.717) is 16.4 Å². The molecule has 0 bridgehead atoms. The van der Waals surface area contributed by atoms with Crippen LogP contribution in [0.1, 0.15) is 15.9 Å². The van der Waals surface area contributed by atoms with E-state index in [2.05, 4.69) is 25.6 Å². The lowest BCUT2D eigenvalue weighted by atomic mass is 10.2. The van der Waals surface area contributed by atoms with Gasteiger partial charge >= 0.3 is 5.97 Å². The molecule has 0 spiro atoms. The number of nitrogens with one attached hydrogen (secondary N) is 1. The molecule has 1 heterocycles. The molecule has 8 nitrogen and oxygen atoms in total. The number of anilines is 1. The van der Waals surface area contributed by atoms with Crippen molar-refractivity contribution in [2.45, 2.75) is 12.1 Å². The number of rotatable bonds is 6. The molecule has 0 saturated heterocycles. The van der Waals surface area contributed by atoms with E-state index in [1.54, 1.807) is 24.3 Å². The zero-order valence-corrected chi connectivity index (χ0v) is 15.6. The number of amides is 1. The molecule has 27 heavy (non-hydrogen) atoms. The number of thioether (sulfide) groups is 1. The van der Waals surface area contributed by atoms with Crippen molar-refractivity contribution >= 4 is 29.3 Å². The smallest absolute Gasteiger partial charge is 0.337 e. The third kappa shape index (κ3) is 4.70. The first kappa shape index (κ1) is 18.6. The maximum absolute atomic E-state index is 12.1. The molecular weight excluding hydrogens is 366 g/mol. The number of aromatic nitrogens is 4. The number of carbonyl (C=O) groups is 2. The number of hydrogen-bond acceptors (Lipinski definition) is 7. The average molecular weight is 383 g/mol. The van der Waals surface area contributed by atoms with E-state index in [0.717, 1.165) is 11.3 Å². The van der Waals surface area contributed by atoms with Gasteiger partial charge in [0.25, 0.3) is 0 Å². The Balaban J connectivity index is 1.64. The summed E-state index contributed by atoms with van der Waals surface area (Å²) < 4.78 is 6.18. The van der Waals surface area contributed by atoms with Crippen molar-refractivity contribution in [3.63, 3.8) is 0 Å². The second-order valence-electron chi connectivity index (χ2n) is 5.61. The Kier molecular flexibility index (Phi) is 5.82. The summed E-state index contributed by atoms with van der Waals surface area (Å²) in [5.74, 6) is -0.408. The highest BCUT2D eigenvalue weighted by Gasteiger charge is 2.13. The number of ether oxygens (including phenoxy) is 1. The summed E-state index contributed by atoms with van der Waals surface area (Å²) in [5, 5.41) is 14.9. The molecule has 1 amide bonds. The summed E-state index contributed by atoms with van der Waals surface area (Å²) in [7, 11) is 1.33. The lowest BCUT2D eigenvalue weighted by Gasteiger charge is -2.06. The van der Waals surface area contributed by atoms with Gasteiger partial charge in [0.15, 0.2) is 0 Å². The molecule has 0 aliphatic heterocycles. The van der Waals surface area contributed by atoms with Crippen molar-refractivity contribution in [1.82, 2.24) is 20.2 Å². The number of methoxy groups -OCH3 is 1. The number of carbonyl (C=O) groups excluding carboxylic acids is 2. The lowest BCUT2D eigenvalue weighted by molar-refractivity contribution is -0.113. The summed E-state index contributed by atoms with van der Waals surface area (Å²) in [6, 6.07) is 14.2. The standard InChI is InChI=1S/C18H17N5O3S/c1-12-3-7-14(8-4-12)19-16(24)11-27-18-20-21-22-23(18)15-9-5-13(6-10-15)17(25)26-2/h3-10H,11H2,1-2H3,(H,19,24). The van der Waals surface area contributed by atoms with Crippen LogP contribution in [0.3, 0.4) is 0 Å². The van der Waals surface area contributed by atoms with Crippen molar-refractivity contribution < 1.29 is 14.3 Å². The van der Waals surface area contributed by atoms with Gasteiger partial charge in [0, 0.05) is 5.69 Å². The van der Waals surface area contributed by atoms with Gasteiger partial charge in [-0.25, -0.2) is 4.79 Å². The van der Waals surface area contributed by atoms with Gasteiger partial charge < -0.3 is 10.1 Å². The van der Waals surface area contributed by atoms with Gasteiger partial charge in [0.05, 0.1) is 24.1 Å². The first-order valence-electron chi connectivity index (χ1n) is 8.03. The van der Waals surface area contributed by atoms with Gasteiger partial charge in [-0.15, -0.1) is 5.10 Å².